The van der Waals surface area contributed by atoms with E-state index in [2.05, 4.69) is 9.97 Å². The number of anilines is 1. The van der Waals surface area contributed by atoms with Gasteiger partial charge in [0.15, 0.2) is 0 Å². The van der Waals surface area contributed by atoms with Gasteiger partial charge in [-0.1, -0.05) is 67.4 Å². The third-order valence-electron chi connectivity index (χ3n) is 4.25. The second-order valence-corrected chi connectivity index (χ2v) is 6.70. The van der Waals surface area contributed by atoms with Gasteiger partial charge in [-0.25, -0.2) is 9.97 Å². The first-order valence-electron chi connectivity index (χ1n) is 7.71. The van der Waals surface area contributed by atoms with Crippen molar-refractivity contribution in [3.63, 3.8) is 0 Å². The third-order valence-corrected chi connectivity index (χ3v) is 5.07. The van der Waals surface area contributed by atoms with E-state index in [1.165, 1.54) is 32.1 Å². The van der Waals surface area contributed by atoms with Gasteiger partial charge in [0.2, 0.25) is 5.95 Å². The van der Waals surface area contributed by atoms with Gasteiger partial charge in [-0.05, 0) is 24.5 Å². The molecular weight excluding hydrogens is 317 g/mol. The van der Waals surface area contributed by atoms with Crippen molar-refractivity contribution in [2.24, 2.45) is 5.92 Å². The van der Waals surface area contributed by atoms with E-state index in [9.17, 15) is 0 Å². The predicted molar refractivity (Wildman–Crippen MR) is 92.2 cm³/mol. The zero-order valence-corrected chi connectivity index (χ0v) is 13.9. The lowest BCUT2D eigenvalue weighted by Gasteiger charge is -2.21. The molecule has 3 rings (SSSR count). The summed E-state index contributed by atoms with van der Waals surface area (Å²) in [6.07, 6.45) is 7.49. The summed E-state index contributed by atoms with van der Waals surface area (Å²) in [7, 11) is 0. The number of nitrogen functional groups attached to an aromatic ring is 1. The van der Waals surface area contributed by atoms with E-state index in [0.717, 1.165) is 23.4 Å². The lowest BCUT2D eigenvalue weighted by molar-refractivity contribution is 0.354. The number of nitrogens with zero attached hydrogens (tertiary/aromatic N) is 2. The Morgan fingerprint density at radius 1 is 1.09 bits per heavy atom. The van der Waals surface area contributed by atoms with E-state index in [0.29, 0.717) is 21.9 Å². The van der Waals surface area contributed by atoms with Gasteiger partial charge in [-0.2, -0.15) is 0 Å². The van der Waals surface area contributed by atoms with E-state index in [-0.39, 0.29) is 0 Å². The van der Waals surface area contributed by atoms with Crippen LogP contribution in [0.3, 0.4) is 0 Å². The molecule has 0 bridgehead atoms. The van der Waals surface area contributed by atoms with E-state index in [1.54, 1.807) is 6.07 Å². The average Bonchev–Trinajstić information content (AvgIpc) is 2.50. The van der Waals surface area contributed by atoms with Crippen molar-refractivity contribution in [1.29, 1.82) is 0 Å². The Hall–Kier alpha value is -1.32. The Kier molecular flexibility index (Phi) is 4.84. The minimum Gasteiger partial charge on any atom is -0.368 e. The molecule has 116 valence electrons. The Morgan fingerprint density at radius 3 is 2.64 bits per heavy atom. The van der Waals surface area contributed by atoms with Crippen LogP contribution in [-0.2, 0) is 6.42 Å². The molecule has 1 saturated carbocycles. The van der Waals surface area contributed by atoms with Crippen LogP contribution in [0.4, 0.5) is 5.95 Å². The molecule has 1 aromatic carbocycles. The summed E-state index contributed by atoms with van der Waals surface area (Å²) in [5.41, 5.74) is 8.42. The normalized spacial score (nSPS) is 15.9. The number of nitrogens with two attached hydrogens (primary N) is 1. The van der Waals surface area contributed by atoms with Crippen LogP contribution in [0.5, 0.6) is 0 Å². The standard InChI is InChI=1S/C17H19Cl2N3/c18-14-8-4-7-13(16(14)19)15-10-12(21-17(20)22-15)9-11-5-2-1-3-6-11/h4,7-8,10-11H,1-3,5-6,9H2,(H2,20,21,22). The fourth-order valence-electron chi connectivity index (χ4n) is 3.15. The lowest BCUT2D eigenvalue weighted by Crippen LogP contribution is -2.11. The smallest absolute Gasteiger partial charge is 0.220 e. The van der Waals surface area contributed by atoms with Gasteiger partial charge < -0.3 is 5.73 Å². The number of hydrogen-bond acceptors (Lipinski definition) is 3. The first-order chi connectivity index (χ1) is 10.6. The summed E-state index contributed by atoms with van der Waals surface area (Å²) in [5, 5.41) is 1.02. The number of benzene rings is 1. The van der Waals surface area contributed by atoms with Gasteiger partial charge in [0.25, 0.3) is 0 Å². The van der Waals surface area contributed by atoms with Crippen molar-refractivity contribution in [3.05, 3.63) is 40.0 Å². The molecule has 0 unspecified atom stereocenters. The predicted octanol–water partition coefficient (Wildman–Crippen LogP) is 5.16. The molecule has 1 fully saturated rings. The van der Waals surface area contributed by atoms with Gasteiger partial charge in [-0.3, -0.25) is 0 Å². The van der Waals surface area contributed by atoms with Crippen LogP contribution in [0, 0.1) is 5.92 Å². The van der Waals surface area contributed by atoms with Crippen molar-refractivity contribution >= 4 is 29.2 Å². The lowest BCUT2D eigenvalue weighted by atomic mass is 9.86. The number of hydrogen-bond donors (Lipinski definition) is 1. The Morgan fingerprint density at radius 2 is 1.86 bits per heavy atom. The summed E-state index contributed by atoms with van der Waals surface area (Å²) in [6.45, 7) is 0. The quantitative estimate of drug-likeness (QED) is 0.843. The van der Waals surface area contributed by atoms with E-state index < -0.39 is 0 Å². The molecule has 1 aliphatic rings. The second-order valence-electron chi connectivity index (χ2n) is 5.91. The molecule has 0 saturated heterocycles. The number of halogens is 2. The molecule has 1 heterocycles. The first-order valence-corrected chi connectivity index (χ1v) is 8.47. The highest BCUT2D eigenvalue weighted by Gasteiger charge is 2.16. The zero-order valence-electron chi connectivity index (χ0n) is 12.4. The summed E-state index contributed by atoms with van der Waals surface area (Å²) in [4.78, 5) is 8.72. The maximum atomic E-state index is 6.29. The highest BCUT2D eigenvalue weighted by atomic mass is 35.5. The van der Waals surface area contributed by atoms with E-state index >= 15 is 0 Å². The molecule has 3 nitrogen and oxygen atoms in total. The molecule has 0 aliphatic heterocycles. The largest absolute Gasteiger partial charge is 0.368 e. The number of rotatable bonds is 3. The van der Waals surface area contributed by atoms with Crippen LogP contribution >= 0.6 is 23.2 Å². The van der Waals surface area contributed by atoms with Crippen LogP contribution in [0.15, 0.2) is 24.3 Å². The molecule has 1 aromatic heterocycles. The molecular formula is C17H19Cl2N3. The van der Waals surface area contributed by atoms with Gasteiger partial charge in [0, 0.05) is 11.3 Å². The third kappa shape index (κ3) is 3.53. The number of aromatic nitrogens is 2. The van der Waals surface area contributed by atoms with Crippen molar-refractivity contribution in [1.82, 2.24) is 9.97 Å². The summed E-state index contributed by atoms with van der Waals surface area (Å²) < 4.78 is 0. The SMILES string of the molecule is Nc1nc(CC2CCCCC2)cc(-c2cccc(Cl)c2Cl)n1. The van der Waals surface area contributed by atoms with Crippen molar-refractivity contribution < 1.29 is 0 Å². The van der Waals surface area contributed by atoms with Crippen LogP contribution < -0.4 is 5.73 Å². The molecule has 0 amide bonds. The molecule has 2 N–H and O–H groups in total. The Bertz CT molecular complexity index is 667. The molecule has 0 spiro atoms. The minimum atomic E-state index is 0.291. The van der Waals surface area contributed by atoms with Crippen molar-refractivity contribution in [3.8, 4) is 11.3 Å². The van der Waals surface area contributed by atoms with Gasteiger partial charge in [0.1, 0.15) is 0 Å². The Balaban J connectivity index is 1.90. The van der Waals surface area contributed by atoms with Gasteiger partial charge in [0.05, 0.1) is 15.7 Å². The molecule has 5 heteroatoms. The molecule has 0 radical (unpaired) electrons. The first kappa shape index (κ1) is 15.6. The Labute approximate surface area is 140 Å². The maximum absolute atomic E-state index is 6.29. The monoisotopic (exact) mass is 335 g/mol. The van der Waals surface area contributed by atoms with Gasteiger partial charge >= 0.3 is 0 Å². The highest BCUT2D eigenvalue weighted by molar-refractivity contribution is 6.43. The molecule has 2 aromatic rings. The highest BCUT2D eigenvalue weighted by Crippen LogP contribution is 2.33. The van der Waals surface area contributed by atoms with Gasteiger partial charge in [-0.15, -0.1) is 0 Å². The fraction of sp³-hybridized carbons (Fsp3) is 0.412. The maximum Gasteiger partial charge on any atom is 0.220 e. The molecule has 1 aliphatic carbocycles. The van der Waals surface area contributed by atoms with Crippen LogP contribution in [-0.4, -0.2) is 9.97 Å². The average molecular weight is 336 g/mol. The zero-order chi connectivity index (χ0) is 15.5. The molecule has 22 heavy (non-hydrogen) atoms. The van der Waals surface area contributed by atoms with Crippen LogP contribution in [0.1, 0.15) is 37.8 Å². The molecule has 0 atom stereocenters. The van der Waals surface area contributed by atoms with E-state index in [1.807, 2.05) is 18.2 Å². The second kappa shape index (κ2) is 6.84. The minimum absolute atomic E-state index is 0.291. The summed E-state index contributed by atoms with van der Waals surface area (Å²) in [6, 6.07) is 7.52. The van der Waals surface area contributed by atoms with Crippen molar-refractivity contribution in [2.75, 3.05) is 5.73 Å². The summed E-state index contributed by atoms with van der Waals surface area (Å²) >= 11 is 12.4. The van der Waals surface area contributed by atoms with Crippen LogP contribution in [0.25, 0.3) is 11.3 Å². The topological polar surface area (TPSA) is 51.8 Å². The van der Waals surface area contributed by atoms with Crippen molar-refractivity contribution in [2.45, 2.75) is 38.5 Å². The fourth-order valence-corrected chi connectivity index (χ4v) is 3.55. The summed E-state index contributed by atoms with van der Waals surface area (Å²) in [5.74, 6) is 0.991. The van der Waals surface area contributed by atoms with Crippen LogP contribution in [0.2, 0.25) is 10.0 Å². The van der Waals surface area contributed by atoms with E-state index in [4.69, 9.17) is 28.9 Å².